The van der Waals surface area contributed by atoms with Gasteiger partial charge in [-0.1, -0.05) is 0 Å². The highest BCUT2D eigenvalue weighted by atomic mass is 16.5. The molecule has 0 unspecified atom stereocenters. The number of carbonyl (C=O) groups is 1. The van der Waals surface area contributed by atoms with E-state index in [0.29, 0.717) is 12.4 Å². The Bertz CT molecular complexity index is 367. The second kappa shape index (κ2) is 6.85. The molecule has 0 fully saturated rings. The van der Waals surface area contributed by atoms with Crippen molar-refractivity contribution >= 4 is 5.91 Å². The van der Waals surface area contributed by atoms with E-state index in [9.17, 15) is 4.79 Å². The highest BCUT2D eigenvalue weighted by molar-refractivity contribution is 5.77. The molecule has 5 nitrogen and oxygen atoms in total. The van der Waals surface area contributed by atoms with Crippen molar-refractivity contribution in [3.8, 4) is 5.88 Å². The molecule has 0 bridgehead atoms. The van der Waals surface area contributed by atoms with Crippen LogP contribution >= 0.6 is 0 Å². The lowest BCUT2D eigenvalue weighted by Crippen LogP contribution is -2.28. The molecule has 0 saturated carbocycles. The van der Waals surface area contributed by atoms with Crippen molar-refractivity contribution in [2.75, 3.05) is 13.7 Å². The topological polar surface area (TPSA) is 60.5 Å². The fourth-order valence-corrected chi connectivity index (χ4v) is 1.17. The van der Waals surface area contributed by atoms with E-state index in [1.807, 2.05) is 19.9 Å². The smallest absolute Gasteiger partial charge is 0.246 e. The molecule has 17 heavy (non-hydrogen) atoms. The maximum Gasteiger partial charge on any atom is 0.246 e. The van der Waals surface area contributed by atoms with Crippen LogP contribution in [0.25, 0.3) is 0 Å². The summed E-state index contributed by atoms with van der Waals surface area (Å²) < 4.78 is 10.2. The lowest BCUT2D eigenvalue weighted by atomic mass is 10.2. The molecule has 0 aliphatic carbocycles. The van der Waals surface area contributed by atoms with E-state index in [1.54, 1.807) is 19.4 Å². The number of methoxy groups -OCH3 is 1. The van der Waals surface area contributed by atoms with Crippen molar-refractivity contribution in [3.05, 3.63) is 23.9 Å². The zero-order valence-corrected chi connectivity index (χ0v) is 10.4. The van der Waals surface area contributed by atoms with Gasteiger partial charge in [0, 0.05) is 18.8 Å². The molecule has 0 aliphatic rings. The van der Waals surface area contributed by atoms with Gasteiger partial charge in [-0.05, 0) is 25.5 Å². The summed E-state index contributed by atoms with van der Waals surface area (Å²) in [5.74, 6) is 0.407. The van der Waals surface area contributed by atoms with Gasteiger partial charge >= 0.3 is 0 Å². The molecule has 0 saturated heterocycles. The average Bonchev–Trinajstić information content (AvgIpc) is 2.34. The minimum Gasteiger partial charge on any atom is -0.481 e. The van der Waals surface area contributed by atoms with Gasteiger partial charge in [0.25, 0.3) is 0 Å². The molecule has 5 heteroatoms. The molecule has 1 heterocycles. The van der Waals surface area contributed by atoms with Crippen LogP contribution in [0, 0.1) is 0 Å². The standard InChI is InChI=1S/C12H18N2O3/c1-9(2)17-8-11(15)14-7-10-4-5-13-12(6-10)16-3/h4-6,9H,7-8H2,1-3H3,(H,14,15). The molecule has 94 valence electrons. The van der Waals surface area contributed by atoms with Gasteiger partial charge in [-0.3, -0.25) is 4.79 Å². The fourth-order valence-electron chi connectivity index (χ4n) is 1.17. The summed E-state index contributed by atoms with van der Waals surface area (Å²) in [6.45, 7) is 4.31. The molecule has 1 N–H and O–H groups in total. The number of nitrogens with zero attached hydrogens (tertiary/aromatic N) is 1. The van der Waals surface area contributed by atoms with Crippen LogP contribution < -0.4 is 10.1 Å². The Hall–Kier alpha value is -1.62. The van der Waals surface area contributed by atoms with Crippen LogP contribution in [0.3, 0.4) is 0 Å². The molecule has 1 aromatic rings. The SMILES string of the molecule is COc1cc(CNC(=O)COC(C)C)ccn1. The van der Waals surface area contributed by atoms with E-state index < -0.39 is 0 Å². The Labute approximate surface area is 101 Å². The number of rotatable bonds is 6. The van der Waals surface area contributed by atoms with Gasteiger partial charge in [-0.15, -0.1) is 0 Å². The maximum absolute atomic E-state index is 11.4. The van der Waals surface area contributed by atoms with E-state index in [0.717, 1.165) is 5.56 Å². The third kappa shape index (κ3) is 5.31. The first-order valence-corrected chi connectivity index (χ1v) is 5.49. The van der Waals surface area contributed by atoms with Crippen molar-refractivity contribution in [1.82, 2.24) is 10.3 Å². The number of aromatic nitrogens is 1. The van der Waals surface area contributed by atoms with Crippen LogP contribution in [0.15, 0.2) is 18.3 Å². The molecule has 0 atom stereocenters. The zero-order chi connectivity index (χ0) is 12.7. The van der Waals surface area contributed by atoms with Gasteiger partial charge in [0.15, 0.2) is 0 Å². The Morgan fingerprint density at radius 2 is 2.29 bits per heavy atom. The summed E-state index contributed by atoms with van der Waals surface area (Å²) >= 11 is 0. The molecular weight excluding hydrogens is 220 g/mol. The highest BCUT2D eigenvalue weighted by Crippen LogP contribution is 2.07. The van der Waals surface area contributed by atoms with Crippen molar-refractivity contribution < 1.29 is 14.3 Å². The minimum atomic E-state index is -0.130. The summed E-state index contributed by atoms with van der Waals surface area (Å²) in [6, 6.07) is 3.61. The van der Waals surface area contributed by atoms with Crippen LogP contribution in [0.5, 0.6) is 5.88 Å². The first-order chi connectivity index (χ1) is 8.11. The number of hydrogen-bond donors (Lipinski definition) is 1. The Morgan fingerprint density at radius 3 is 2.94 bits per heavy atom. The van der Waals surface area contributed by atoms with Crippen LogP contribution in [-0.4, -0.2) is 30.7 Å². The Balaban J connectivity index is 2.36. The summed E-state index contributed by atoms with van der Waals surface area (Å²) in [5.41, 5.74) is 0.940. The summed E-state index contributed by atoms with van der Waals surface area (Å²) in [6.07, 6.45) is 1.70. The molecule has 1 aromatic heterocycles. The van der Waals surface area contributed by atoms with E-state index in [-0.39, 0.29) is 18.6 Å². The molecular formula is C12H18N2O3. The number of ether oxygens (including phenoxy) is 2. The molecule has 0 aliphatic heterocycles. The normalized spacial score (nSPS) is 10.4. The molecule has 0 aromatic carbocycles. The van der Waals surface area contributed by atoms with E-state index in [2.05, 4.69) is 10.3 Å². The molecule has 0 spiro atoms. The Kier molecular flexibility index (Phi) is 5.42. The van der Waals surface area contributed by atoms with Gasteiger partial charge in [0.2, 0.25) is 11.8 Å². The van der Waals surface area contributed by atoms with Gasteiger partial charge in [0.1, 0.15) is 6.61 Å². The fraction of sp³-hybridized carbons (Fsp3) is 0.500. The van der Waals surface area contributed by atoms with Crippen LogP contribution in [0.1, 0.15) is 19.4 Å². The van der Waals surface area contributed by atoms with Crippen molar-refractivity contribution in [2.24, 2.45) is 0 Å². The average molecular weight is 238 g/mol. The maximum atomic E-state index is 11.4. The second-order valence-electron chi connectivity index (χ2n) is 3.84. The van der Waals surface area contributed by atoms with Crippen molar-refractivity contribution in [1.29, 1.82) is 0 Å². The van der Waals surface area contributed by atoms with Gasteiger partial charge in [0.05, 0.1) is 13.2 Å². The number of pyridine rings is 1. The van der Waals surface area contributed by atoms with Crippen LogP contribution in [-0.2, 0) is 16.1 Å². The van der Waals surface area contributed by atoms with Crippen molar-refractivity contribution in [3.63, 3.8) is 0 Å². The minimum absolute atomic E-state index is 0.0572. The number of nitrogens with one attached hydrogen (secondary N) is 1. The summed E-state index contributed by atoms with van der Waals surface area (Å²) in [7, 11) is 1.56. The predicted molar refractivity (Wildman–Crippen MR) is 63.7 cm³/mol. The van der Waals surface area contributed by atoms with Crippen LogP contribution in [0.2, 0.25) is 0 Å². The first-order valence-electron chi connectivity index (χ1n) is 5.49. The lowest BCUT2D eigenvalue weighted by Gasteiger charge is -2.08. The van der Waals surface area contributed by atoms with E-state index in [1.165, 1.54) is 0 Å². The molecule has 0 radical (unpaired) electrons. The third-order valence-electron chi connectivity index (χ3n) is 2.05. The van der Waals surface area contributed by atoms with E-state index >= 15 is 0 Å². The predicted octanol–water partition coefficient (Wildman–Crippen LogP) is 1.13. The second-order valence-corrected chi connectivity index (χ2v) is 3.84. The number of amides is 1. The molecule has 1 amide bonds. The van der Waals surface area contributed by atoms with E-state index in [4.69, 9.17) is 9.47 Å². The highest BCUT2D eigenvalue weighted by Gasteiger charge is 2.03. The third-order valence-corrected chi connectivity index (χ3v) is 2.05. The van der Waals surface area contributed by atoms with Crippen molar-refractivity contribution in [2.45, 2.75) is 26.5 Å². The lowest BCUT2D eigenvalue weighted by molar-refractivity contribution is -0.127. The summed E-state index contributed by atoms with van der Waals surface area (Å²) in [5, 5.41) is 2.76. The number of hydrogen-bond acceptors (Lipinski definition) is 4. The Morgan fingerprint density at radius 1 is 1.53 bits per heavy atom. The largest absolute Gasteiger partial charge is 0.481 e. The van der Waals surface area contributed by atoms with Gasteiger partial charge in [-0.2, -0.15) is 0 Å². The van der Waals surface area contributed by atoms with Crippen LogP contribution in [0.4, 0.5) is 0 Å². The first kappa shape index (κ1) is 13.4. The van der Waals surface area contributed by atoms with Gasteiger partial charge < -0.3 is 14.8 Å². The zero-order valence-electron chi connectivity index (χ0n) is 10.4. The van der Waals surface area contributed by atoms with Gasteiger partial charge in [-0.25, -0.2) is 4.98 Å². The summed E-state index contributed by atoms with van der Waals surface area (Å²) in [4.78, 5) is 15.4. The number of carbonyl (C=O) groups excluding carboxylic acids is 1. The quantitative estimate of drug-likeness (QED) is 0.807. The molecule has 1 rings (SSSR count). The monoisotopic (exact) mass is 238 g/mol.